The van der Waals surface area contributed by atoms with E-state index in [2.05, 4.69) is 10.6 Å². The molecule has 0 aliphatic carbocycles. The number of rotatable bonds is 2. The van der Waals surface area contributed by atoms with Crippen LogP contribution in [0.3, 0.4) is 0 Å². The highest BCUT2D eigenvalue weighted by Gasteiger charge is 2.34. The van der Waals surface area contributed by atoms with Crippen LogP contribution >= 0.6 is 0 Å². The van der Waals surface area contributed by atoms with Gasteiger partial charge in [0.05, 0.1) is 0 Å². The lowest BCUT2D eigenvalue weighted by molar-refractivity contribution is -0.126. The van der Waals surface area contributed by atoms with Crippen molar-refractivity contribution in [2.24, 2.45) is 5.41 Å². The first-order valence-corrected chi connectivity index (χ1v) is 6.30. The first-order valence-electron chi connectivity index (χ1n) is 6.30. The van der Waals surface area contributed by atoms with Gasteiger partial charge in [-0.1, -0.05) is 13.0 Å². The highest BCUT2D eigenvalue weighted by Crippen LogP contribution is 2.30. The summed E-state index contributed by atoms with van der Waals surface area (Å²) in [6.45, 7) is 5.35. The van der Waals surface area contributed by atoms with Crippen molar-refractivity contribution in [1.29, 1.82) is 0 Å². The van der Waals surface area contributed by atoms with Gasteiger partial charge >= 0.3 is 0 Å². The van der Waals surface area contributed by atoms with Crippen LogP contribution in [0.2, 0.25) is 0 Å². The largest absolute Gasteiger partial charge is 0.325 e. The summed E-state index contributed by atoms with van der Waals surface area (Å²) in [6, 6.07) is 4.75. The molecular formula is C14H19FN2O. The molecule has 0 radical (unpaired) electrons. The van der Waals surface area contributed by atoms with Gasteiger partial charge in [-0.25, -0.2) is 4.39 Å². The van der Waals surface area contributed by atoms with Crippen LogP contribution in [0, 0.1) is 18.2 Å². The monoisotopic (exact) mass is 250 g/mol. The standard InChI is InChI=1S/C14H19FN2O/c1-10-11(15)4-3-5-12(10)17-13(18)14(2)6-8-16-9-7-14/h3-5,16H,6-9H2,1-2H3,(H,17,18). The van der Waals surface area contributed by atoms with Crippen LogP contribution < -0.4 is 10.6 Å². The van der Waals surface area contributed by atoms with Crippen LogP contribution in [0.4, 0.5) is 10.1 Å². The molecule has 2 N–H and O–H groups in total. The molecule has 18 heavy (non-hydrogen) atoms. The third-order valence-electron chi connectivity index (χ3n) is 3.77. The lowest BCUT2D eigenvalue weighted by atomic mass is 9.80. The fourth-order valence-electron chi connectivity index (χ4n) is 2.22. The fourth-order valence-corrected chi connectivity index (χ4v) is 2.22. The van der Waals surface area contributed by atoms with Crippen molar-refractivity contribution < 1.29 is 9.18 Å². The molecule has 2 rings (SSSR count). The number of piperidine rings is 1. The Morgan fingerprint density at radius 2 is 2.06 bits per heavy atom. The first kappa shape index (κ1) is 13.0. The van der Waals surface area contributed by atoms with E-state index in [0.717, 1.165) is 25.9 Å². The van der Waals surface area contributed by atoms with Crippen molar-refractivity contribution >= 4 is 11.6 Å². The van der Waals surface area contributed by atoms with E-state index in [9.17, 15) is 9.18 Å². The summed E-state index contributed by atoms with van der Waals surface area (Å²) in [5, 5.41) is 6.09. The van der Waals surface area contributed by atoms with Crippen molar-refractivity contribution in [1.82, 2.24) is 5.32 Å². The quantitative estimate of drug-likeness (QED) is 0.846. The van der Waals surface area contributed by atoms with Crippen molar-refractivity contribution in [3.63, 3.8) is 0 Å². The van der Waals surface area contributed by atoms with Crippen LogP contribution in [-0.2, 0) is 4.79 Å². The molecule has 1 aromatic carbocycles. The zero-order valence-corrected chi connectivity index (χ0v) is 10.8. The van der Waals surface area contributed by atoms with Gasteiger partial charge < -0.3 is 10.6 Å². The number of anilines is 1. The number of halogens is 1. The summed E-state index contributed by atoms with van der Waals surface area (Å²) in [6.07, 6.45) is 1.63. The lowest BCUT2D eigenvalue weighted by Gasteiger charge is -2.32. The molecule has 0 unspecified atom stereocenters. The van der Waals surface area contributed by atoms with Crippen LogP contribution in [0.15, 0.2) is 18.2 Å². The summed E-state index contributed by atoms with van der Waals surface area (Å²) in [4.78, 5) is 12.3. The normalized spacial score (nSPS) is 18.4. The maximum atomic E-state index is 13.4. The van der Waals surface area contributed by atoms with E-state index in [1.54, 1.807) is 19.1 Å². The summed E-state index contributed by atoms with van der Waals surface area (Å²) >= 11 is 0. The number of carbonyl (C=O) groups excluding carboxylic acids is 1. The highest BCUT2D eigenvalue weighted by molar-refractivity contribution is 5.95. The number of amides is 1. The van der Waals surface area contributed by atoms with Crippen LogP contribution in [0.25, 0.3) is 0 Å². The Kier molecular flexibility index (Phi) is 3.66. The maximum Gasteiger partial charge on any atom is 0.230 e. The van der Waals surface area contributed by atoms with Crippen LogP contribution in [-0.4, -0.2) is 19.0 Å². The summed E-state index contributed by atoms with van der Waals surface area (Å²) in [5.74, 6) is -0.305. The maximum absolute atomic E-state index is 13.4. The van der Waals surface area contributed by atoms with E-state index in [1.165, 1.54) is 6.07 Å². The minimum Gasteiger partial charge on any atom is -0.325 e. The molecule has 1 fully saturated rings. The molecule has 1 amide bonds. The SMILES string of the molecule is Cc1c(F)cccc1NC(=O)C1(C)CCNCC1. The van der Waals surface area contributed by atoms with Crippen molar-refractivity contribution in [2.75, 3.05) is 18.4 Å². The van der Waals surface area contributed by atoms with E-state index in [-0.39, 0.29) is 17.1 Å². The summed E-state index contributed by atoms with van der Waals surface area (Å²) in [7, 11) is 0. The number of nitrogens with one attached hydrogen (secondary N) is 2. The van der Waals surface area contributed by atoms with Crippen molar-refractivity contribution in [3.05, 3.63) is 29.6 Å². The molecule has 0 saturated carbocycles. The molecule has 0 bridgehead atoms. The fraction of sp³-hybridized carbons (Fsp3) is 0.500. The smallest absolute Gasteiger partial charge is 0.230 e. The second-order valence-corrected chi connectivity index (χ2v) is 5.18. The van der Waals surface area contributed by atoms with Crippen molar-refractivity contribution in [3.8, 4) is 0 Å². The third kappa shape index (κ3) is 2.53. The van der Waals surface area contributed by atoms with Gasteiger partial charge in [0.1, 0.15) is 5.82 Å². The number of hydrogen-bond donors (Lipinski definition) is 2. The Bertz CT molecular complexity index is 453. The van der Waals surface area contributed by atoms with Crippen molar-refractivity contribution in [2.45, 2.75) is 26.7 Å². The van der Waals surface area contributed by atoms with Gasteiger partial charge in [-0.2, -0.15) is 0 Å². The van der Waals surface area contributed by atoms with E-state index in [1.807, 2.05) is 6.92 Å². The molecule has 1 saturated heterocycles. The predicted octanol–water partition coefficient (Wildman–Crippen LogP) is 2.46. The number of hydrogen-bond acceptors (Lipinski definition) is 2. The zero-order valence-electron chi connectivity index (χ0n) is 10.8. The summed E-state index contributed by atoms with van der Waals surface area (Å²) < 4.78 is 13.4. The Morgan fingerprint density at radius 3 is 2.72 bits per heavy atom. The Balaban J connectivity index is 2.13. The molecule has 3 nitrogen and oxygen atoms in total. The molecule has 98 valence electrons. The molecule has 1 heterocycles. The second kappa shape index (κ2) is 5.06. The summed E-state index contributed by atoms with van der Waals surface area (Å²) in [5.41, 5.74) is 0.701. The van der Waals surface area contributed by atoms with E-state index in [0.29, 0.717) is 11.3 Å². The lowest BCUT2D eigenvalue weighted by Crippen LogP contribution is -2.42. The molecule has 1 aromatic rings. The molecule has 0 aromatic heterocycles. The highest BCUT2D eigenvalue weighted by atomic mass is 19.1. The van der Waals surface area contributed by atoms with Gasteiger partial charge in [0.15, 0.2) is 0 Å². The molecular weight excluding hydrogens is 231 g/mol. The van der Waals surface area contributed by atoms with Gasteiger partial charge in [0.25, 0.3) is 0 Å². The minimum absolute atomic E-state index is 0.0160. The van der Waals surface area contributed by atoms with Gasteiger partial charge in [-0.3, -0.25) is 4.79 Å². The number of carbonyl (C=O) groups is 1. The van der Waals surface area contributed by atoms with Gasteiger partial charge in [-0.15, -0.1) is 0 Å². The number of benzene rings is 1. The Hall–Kier alpha value is -1.42. The average Bonchev–Trinajstić information content (AvgIpc) is 2.36. The third-order valence-corrected chi connectivity index (χ3v) is 3.77. The Morgan fingerprint density at radius 1 is 1.39 bits per heavy atom. The Labute approximate surface area is 107 Å². The molecule has 1 aliphatic heterocycles. The van der Waals surface area contributed by atoms with E-state index in [4.69, 9.17) is 0 Å². The van der Waals surface area contributed by atoms with Gasteiger partial charge in [-0.05, 0) is 45.0 Å². The average molecular weight is 250 g/mol. The molecule has 0 atom stereocenters. The van der Waals surface area contributed by atoms with Crippen LogP contribution in [0.1, 0.15) is 25.3 Å². The van der Waals surface area contributed by atoms with Gasteiger partial charge in [0, 0.05) is 16.7 Å². The topological polar surface area (TPSA) is 41.1 Å². The van der Waals surface area contributed by atoms with E-state index >= 15 is 0 Å². The molecule has 4 heteroatoms. The first-order chi connectivity index (χ1) is 8.53. The van der Waals surface area contributed by atoms with Crippen LogP contribution in [0.5, 0.6) is 0 Å². The van der Waals surface area contributed by atoms with Gasteiger partial charge in [0.2, 0.25) is 5.91 Å². The second-order valence-electron chi connectivity index (χ2n) is 5.18. The molecule has 0 spiro atoms. The minimum atomic E-state index is -0.357. The predicted molar refractivity (Wildman–Crippen MR) is 70.0 cm³/mol. The van der Waals surface area contributed by atoms with E-state index < -0.39 is 0 Å². The molecule has 1 aliphatic rings. The zero-order chi connectivity index (χ0) is 13.2.